The minimum Gasteiger partial charge on any atom is -0.298 e. The first-order valence-corrected chi connectivity index (χ1v) is 9.65. The average molecular weight is 479 g/mol. The summed E-state index contributed by atoms with van der Waals surface area (Å²) in [4.78, 5) is 34.6. The zero-order valence-electron chi connectivity index (χ0n) is 15.9. The first kappa shape index (κ1) is 22.4. The summed E-state index contributed by atoms with van der Waals surface area (Å²) in [6.07, 6.45) is 0. The van der Waals surface area contributed by atoms with Crippen molar-refractivity contribution >= 4 is 50.8 Å². The van der Waals surface area contributed by atoms with E-state index in [1.54, 1.807) is 12.1 Å². The SMILES string of the molecule is CC(C)(C)c1ccc(C(=O)NC(=S)NNC(=O)c2cccc([N+](=O)[O-])c2)cc1Br. The van der Waals surface area contributed by atoms with Gasteiger partial charge in [-0.3, -0.25) is 35.9 Å². The molecule has 0 unspecified atom stereocenters. The van der Waals surface area contributed by atoms with Crippen LogP contribution in [0.3, 0.4) is 0 Å². The number of nitrogens with zero attached hydrogens (tertiary/aromatic N) is 1. The van der Waals surface area contributed by atoms with Gasteiger partial charge in [0.2, 0.25) is 0 Å². The molecule has 0 aromatic heterocycles. The number of amides is 2. The summed E-state index contributed by atoms with van der Waals surface area (Å²) < 4.78 is 0.801. The largest absolute Gasteiger partial charge is 0.298 e. The summed E-state index contributed by atoms with van der Waals surface area (Å²) >= 11 is 8.48. The molecule has 0 saturated heterocycles. The van der Waals surface area contributed by atoms with Crippen molar-refractivity contribution in [2.75, 3.05) is 0 Å². The smallest absolute Gasteiger partial charge is 0.270 e. The fourth-order valence-corrected chi connectivity index (χ4v) is 3.53. The first-order valence-electron chi connectivity index (χ1n) is 8.45. The highest BCUT2D eigenvalue weighted by Crippen LogP contribution is 2.30. The van der Waals surface area contributed by atoms with Crippen LogP contribution in [0.2, 0.25) is 0 Å². The zero-order chi connectivity index (χ0) is 21.8. The monoisotopic (exact) mass is 478 g/mol. The number of halogens is 1. The fourth-order valence-electron chi connectivity index (χ4n) is 2.42. The van der Waals surface area contributed by atoms with Crippen molar-refractivity contribution in [3.8, 4) is 0 Å². The van der Waals surface area contributed by atoms with Gasteiger partial charge in [-0.15, -0.1) is 0 Å². The van der Waals surface area contributed by atoms with Gasteiger partial charge in [-0.05, 0) is 41.4 Å². The van der Waals surface area contributed by atoms with E-state index < -0.39 is 16.7 Å². The van der Waals surface area contributed by atoms with Crippen molar-refractivity contribution in [1.29, 1.82) is 0 Å². The van der Waals surface area contributed by atoms with Crippen molar-refractivity contribution < 1.29 is 14.5 Å². The lowest BCUT2D eigenvalue weighted by atomic mass is 9.86. The molecule has 0 aliphatic rings. The second-order valence-corrected chi connectivity index (χ2v) is 8.38. The van der Waals surface area contributed by atoms with Crippen LogP contribution in [0, 0.1) is 10.1 Å². The van der Waals surface area contributed by atoms with Gasteiger partial charge in [-0.25, -0.2) is 0 Å². The van der Waals surface area contributed by atoms with Gasteiger partial charge in [0.05, 0.1) is 4.92 Å². The van der Waals surface area contributed by atoms with E-state index >= 15 is 0 Å². The van der Waals surface area contributed by atoms with Crippen molar-refractivity contribution in [2.24, 2.45) is 0 Å². The Bertz CT molecular complexity index is 988. The van der Waals surface area contributed by atoms with Crippen LogP contribution in [0.25, 0.3) is 0 Å². The van der Waals surface area contributed by atoms with Gasteiger partial charge < -0.3 is 0 Å². The highest BCUT2D eigenvalue weighted by Gasteiger charge is 2.19. The number of nitrogens with one attached hydrogen (secondary N) is 3. The molecule has 2 aromatic carbocycles. The molecule has 2 aromatic rings. The maximum absolute atomic E-state index is 12.4. The van der Waals surface area contributed by atoms with Gasteiger partial charge in [0.1, 0.15) is 0 Å². The second-order valence-electron chi connectivity index (χ2n) is 7.11. The van der Waals surface area contributed by atoms with E-state index in [1.165, 1.54) is 18.2 Å². The fraction of sp³-hybridized carbons (Fsp3) is 0.211. The molecule has 8 nitrogen and oxygen atoms in total. The molecule has 0 aliphatic carbocycles. The number of thiocarbonyl (C=S) groups is 1. The maximum atomic E-state index is 12.4. The van der Waals surface area contributed by atoms with E-state index in [2.05, 4.69) is 52.9 Å². The summed E-state index contributed by atoms with van der Waals surface area (Å²) in [5.74, 6) is -1.09. The van der Waals surface area contributed by atoms with Crippen LogP contribution < -0.4 is 16.2 Å². The summed E-state index contributed by atoms with van der Waals surface area (Å²) in [7, 11) is 0. The molecule has 0 atom stereocenters. The summed E-state index contributed by atoms with van der Waals surface area (Å²) in [5, 5.41) is 13.1. The molecular weight excluding hydrogens is 460 g/mol. The van der Waals surface area contributed by atoms with Crippen LogP contribution >= 0.6 is 28.1 Å². The van der Waals surface area contributed by atoms with Crippen molar-refractivity contribution in [2.45, 2.75) is 26.2 Å². The molecule has 0 spiro atoms. The topological polar surface area (TPSA) is 113 Å². The van der Waals surface area contributed by atoms with Crippen LogP contribution in [-0.4, -0.2) is 21.9 Å². The maximum Gasteiger partial charge on any atom is 0.270 e. The van der Waals surface area contributed by atoms with Crippen LogP contribution in [-0.2, 0) is 5.41 Å². The summed E-state index contributed by atoms with van der Waals surface area (Å²) in [6, 6.07) is 10.5. The molecule has 0 radical (unpaired) electrons. The number of rotatable bonds is 3. The first-order chi connectivity index (χ1) is 13.5. The molecule has 0 heterocycles. The summed E-state index contributed by atoms with van der Waals surface area (Å²) in [5.41, 5.74) is 5.91. The molecule has 0 aliphatic heterocycles. The molecule has 10 heteroatoms. The van der Waals surface area contributed by atoms with Crippen LogP contribution in [0.1, 0.15) is 47.1 Å². The number of carbonyl (C=O) groups excluding carboxylic acids is 2. The Morgan fingerprint density at radius 3 is 2.28 bits per heavy atom. The zero-order valence-corrected chi connectivity index (χ0v) is 18.3. The van der Waals surface area contributed by atoms with Crippen LogP contribution in [0.4, 0.5) is 5.69 Å². The van der Waals surface area contributed by atoms with Gasteiger partial charge >= 0.3 is 0 Å². The number of carbonyl (C=O) groups is 2. The minimum absolute atomic E-state index is 0.0718. The second kappa shape index (κ2) is 9.10. The van der Waals surface area contributed by atoms with Crippen LogP contribution in [0.15, 0.2) is 46.9 Å². The van der Waals surface area contributed by atoms with E-state index in [0.717, 1.165) is 16.1 Å². The Morgan fingerprint density at radius 1 is 1.03 bits per heavy atom. The van der Waals surface area contributed by atoms with Gasteiger partial charge in [0, 0.05) is 27.7 Å². The number of hydrogen-bond donors (Lipinski definition) is 3. The Morgan fingerprint density at radius 2 is 1.69 bits per heavy atom. The standard InChI is InChI=1S/C19H19BrN4O4S/c1-19(2,3)14-8-7-12(10-15(14)20)16(25)21-18(29)23-22-17(26)11-5-4-6-13(9-11)24(27)28/h4-10H,1-3H3,(H,22,26)(H2,21,23,25,29). The highest BCUT2D eigenvalue weighted by atomic mass is 79.9. The predicted molar refractivity (Wildman–Crippen MR) is 117 cm³/mol. The average Bonchev–Trinajstić information content (AvgIpc) is 2.65. The Labute approximate surface area is 181 Å². The molecule has 0 bridgehead atoms. The van der Waals surface area contributed by atoms with E-state index in [-0.39, 0.29) is 21.8 Å². The Kier molecular flexibility index (Phi) is 7.04. The summed E-state index contributed by atoms with van der Waals surface area (Å²) in [6.45, 7) is 6.20. The predicted octanol–water partition coefficient (Wildman–Crippen LogP) is 3.60. The van der Waals surface area contributed by atoms with E-state index in [0.29, 0.717) is 5.56 Å². The van der Waals surface area contributed by atoms with Crippen molar-refractivity contribution in [3.63, 3.8) is 0 Å². The van der Waals surface area contributed by atoms with Gasteiger partial charge in [0.25, 0.3) is 17.5 Å². The van der Waals surface area contributed by atoms with Crippen LogP contribution in [0.5, 0.6) is 0 Å². The van der Waals surface area contributed by atoms with Crippen molar-refractivity contribution in [1.82, 2.24) is 16.2 Å². The number of nitro benzene ring substituents is 1. The lowest BCUT2D eigenvalue weighted by Crippen LogP contribution is -2.48. The molecule has 0 saturated carbocycles. The number of hydrogen-bond acceptors (Lipinski definition) is 5. The third kappa shape index (κ3) is 6.06. The molecule has 2 amide bonds. The molecular formula is C19H19BrN4O4S. The van der Waals surface area contributed by atoms with Gasteiger partial charge in [0.15, 0.2) is 5.11 Å². The van der Waals surface area contributed by atoms with E-state index in [1.807, 2.05) is 6.07 Å². The minimum atomic E-state index is -0.637. The number of benzene rings is 2. The number of non-ortho nitro benzene ring substituents is 1. The molecule has 29 heavy (non-hydrogen) atoms. The normalized spacial score (nSPS) is 10.8. The third-order valence-electron chi connectivity index (χ3n) is 3.88. The lowest BCUT2D eigenvalue weighted by Gasteiger charge is -2.21. The van der Waals surface area contributed by atoms with Crippen molar-refractivity contribution in [3.05, 3.63) is 73.7 Å². The third-order valence-corrected chi connectivity index (χ3v) is 4.74. The Balaban J connectivity index is 1.96. The van der Waals surface area contributed by atoms with Gasteiger partial charge in [-0.1, -0.05) is 48.8 Å². The molecule has 2 rings (SSSR count). The number of hydrazine groups is 1. The number of nitro groups is 1. The highest BCUT2D eigenvalue weighted by molar-refractivity contribution is 9.10. The molecule has 152 valence electrons. The molecule has 0 fully saturated rings. The van der Waals surface area contributed by atoms with E-state index in [9.17, 15) is 19.7 Å². The molecule has 3 N–H and O–H groups in total. The lowest BCUT2D eigenvalue weighted by molar-refractivity contribution is -0.384. The quantitative estimate of drug-likeness (QED) is 0.352. The van der Waals surface area contributed by atoms with E-state index in [4.69, 9.17) is 12.2 Å². The Hall–Kier alpha value is -2.85. The van der Waals surface area contributed by atoms with Gasteiger partial charge in [-0.2, -0.15) is 0 Å².